The van der Waals surface area contributed by atoms with Gasteiger partial charge in [0.25, 0.3) is 5.91 Å². The Kier molecular flexibility index (Phi) is 4.75. The van der Waals surface area contributed by atoms with Crippen molar-refractivity contribution in [3.63, 3.8) is 0 Å². The Hall–Kier alpha value is -4.27. The summed E-state index contributed by atoms with van der Waals surface area (Å²) < 4.78 is 0. The largest absolute Gasteiger partial charge is 0.355 e. The van der Waals surface area contributed by atoms with E-state index in [2.05, 4.69) is 35.9 Å². The molecule has 2 aromatic carbocycles. The third-order valence-corrected chi connectivity index (χ3v) is 5.00. The number of hydrogen-bond donors (Lipinski definition) is 4. The molecule has 3 heterocycles. The number of nitrogens with one attached hydrogen (secondary N) is 4. The number of rotatable bonds is 5. The lowest BCUT2D eigenvalue weighted by Gasteiger charge is -2.06. The molecule has 4 aromatic rings. The average Bonchev–Trinajstić information content (AvgIpc) is 3.46. The SMILES string of the molecule is O=C(Nc1nc2c(C(=O)CNC3=NCCN3)cccc2[nH]1)c1cc2ccccc2cn1. The predicted octanol–water partition coefficient (Wildman–Crippen LogP) is 2.09. The van der Waals surface area contributed by atoms with E-state index < -0.39 is 0 Å². The minimum Gasteiger partial charge on any atom is -0.355 e. The van der Waals surface area contributed by atoms with Gasteiger partial charge in [-0.1, -0.05) is 30.3 Å². The van der Waals surface area contributed by atoms with Gasteiger partial charge in [-0.3, -0.25) is 24.9 Å². The minimum atomic E-state index is -0.385. The molecular weight excluding hydrogens is 394 g/mol. The van der Waals surface area contributed by atoms with Crippen LogP contribution in [0.25, 0.3) is 21.8 Å². The number of Topliss-reactive ketones (excluding diaryl/α,β-unsaturated/α-hetero) is 1. The smallest absolute Gasteiger partial charge is 0.276 e. The molecule has 4 N–H and O–H groups in total. The topological polar surface area (TPSA) is 124 Å². The van der Waals surface area contributed by atoms with Gasteiger partial charge in [0, 0.05) is 23.7 Å². The number of amides is 1. The van der Waals surface area contributed by atoms with Gasteiger partial charge in [-0.2, -0.15) is 0 Å². The molecule has 1 aliphatic heterocycles. The Balaban J connectivity index is 1.36. The summed E-state index contributed by atoms with van der Waals surface area (Å²) in [5.74, 6) is 0.371. The van der Waals surface area contributed by atoms with Crippen LogP contribution >= 0.6 is 0 Å². The van der Waals surface area contributed by atoms with Gasteiger partial charge >= 0.3 is 0 Å². The van der Waals surface area contributed by atoms with E-state index in [0.29, 0.717) is 29.1 Å². The fourth-order valence-electron chi connectivity index (χ4n) is 3.47. The molecule has 0 spiro atoms. The van der Waals surface area contributed by atoms with E-state index in [0.717, 1.165) is 17.3 Å². The van der Waals surface area contributed by atoms with E-state index in [4.69, 9.17) is 0 Å². The van der Waals surface area contributed by atoms with Crippen molar-refractivity contribution in [2.45, 2.75) is 0 Å². The molecule has 0 bridgehead atoms. The molecule has 0 unspecified atom stereocenters. The number of carbonyl (C=O) groups excluding carboxylic acids is 2. The Labute approximate surface area is 177 Å². The monoisotopic (exact) mass is 413 g/mol. The first kappa shape index (κ1) is 18.7. The number of aromatic amines is 1. The van der Waals surface area contributed by atoms with Crippen LogP contribution < -0.4 is 16.0 Å². The van der Waals surface area contributed by atoms with Crippen LogP contribution in [0.4, 0.5) is 5.95 Å². The van der Waals surface area contributed by atoms with Gasteiger partial charge in [-0.15, -0.1) is 0 Å². The van der Waals surface area contributed by atoms with Gasteiger partial charge in [0.15, 0.2) is 11.7 Å². The number of benzene rings is 2. The van der Waals surface area contributed by atoms with E-state index in [9.17, 15) is 9.59 Å². The first-order valence-electron chi connectivity index (χ1n) is 9.88. The summed E-state index contributed by atoms with van der Waals surface area (Å²) in [5.41, 5.74) is 1.90. The molecule has 0 saturated heterocycles. The second kappa shape index (κ2) is 7.86. The Bertz CT molecular complexity index is 1340. The van der Waals surface area contributed by atoms with Gasteiger partial charge in [0.1, 0.15) is 11.2 Å². The second-order valence-electron chi connectivity index (χ2n) is 7.09. The number of carbonyl (C=O) groups is 2. The molecule has 154 valence electrons. The van der Waals surface area contributed by atoms with E-state index in [1.54, 1.807) is 30.5 Å². The van der Waals surface area contributed by atoms with Crippen LogP contribution in [-0.2, 0) is 0 Å². The second-order valence-corrected chi connectivity index (χ2v) is 7.09. The van der Waals surface area contributed by atoms with E-state index in [-0.39, 0.29) is 29.9 Å². The number of ketones is 1. The molecule has 0 saturated carbocycles. The zero-order chi connectivity index (χ0) is 21.2. The third kappa shape index (κ3) is 3.80. The number of H-pyrrole nitrogens is 1. The van der Waals surface area contributed by atoms with Crippen molar-refractivity contribution >= 4 is 45.4 Å². The number of aromatic nitrogens is 3. The molecule has 0 radical (unpaired) electrons. The molecule has 31 heavy (non-hydrogen) atoms. The normalized spacial score (nSPS) is 13.1. The zero-order valence-corrected chi connectivity index (χ0v) is 16.5. The zero-order valence-electron chi connectivity index (χ0n) is 16.5. The van der Waals surface area contributed by atoms with Crippen molar-refractivity contribution in [1.82, 2.24) is 25.6 Å². The standard InChI is InChI=1S/C22H19N7O2/c30-18(12-26-21-23-8-9-24-21)15-6-3-7-16-19(15)28-22(27-16)29-20(31)17-10-13-4-1-2-5-14(13)11-25-17/h1-7,10-11H,8-9,12H2,(H2,23,24,26)(H2,27,28,29,31). The predicted molar refractivity (Wildman–Crippen MR) is 118 cm³/mol. The number of guanidine groups is 1. The highest BCUT2D eigenvalue weighted by atomic mass is 16.2. The maximum Gasteiger partial charge on any atom is 0.276 e. The van der Waals surface area contributed by atoms with Gasteiger partial charge in [-0.25, -0.2) is 4.98 Å². The first-order valence-corrected chi connectivity index (χ1v) is 9.88. The summed E-state index contributed by atoms with van der Waals surface area (Å²) in [4.78, 5) is 41.3. The average molecular weight is 413 g/mol. The Morgan fingerprint density at radius 3 is 2.77 bits per heavy atom. The summed E-state index contributed by atoms with van der Waals surface area (Å²) in [5, 5.41) is 10.7. The number of pyridine rings is 1. The number of aliphatic imine (C=N–C) groups is 1. The van der Waals surface area contributed by atoms with E-state index in [1.807, 2.05) is 24.3 Å². The number of hydrogen-bond acceptors (Lipinski definition) is 7. The summed E-state index contributed by atoms with van der Waals surface area (Å²) in [7, 11) is 0. The number of para-hydroxylation sites is 1. The maximum atomic E-state index is 12.7. The lowest BCUT2D eigenvalue weighted by Crippen LogP contribution is -2.37. The molecule has 1 aliphatic rings. The quantitative estimate of drug-likeness (QED) is 0.372. The van der Waals surface area contributed by atoms with Crippen LogP contribution in [0.2, 0.25) is 0 Å². The molecule has 2 aromatic heterocycles. The van der Waals surface area contributed by atoms with Crippen LogP contribution in [0, 0.1) is 0 Å². The van der Waals surface area contributed by atoms with Gasteiger partial charge in [-0.05, 0) is 23.6 Å². The van der Waals surface area contributed by atoms with E-state index >= 15 is 0 Å². The highest BCUT2D eigenvalue weighted by Gasteiger charge is 2.17. The van der Waals surface area contributed by atoms with Crippen molar-refractivity contribution in [2.75, 3.05) is 25.0 Å². The third-order valence-electron chi connectivity index (χ3n) is 5.00. The lowest BCUT2D eigenvalue weighted by atomic mass is 10.1. The highest BCUT2D eigenvalue weighted by Crippen LogP contribution is 2.20. The van der Waals surface area contributed by atoms with Crippen molar-refractivity contribution in [3.8, 4) is 0 Å². The van der Waals surface area contributed by atoms with Gasteiger partial charge in [0.05, 0.1) is 18.6 Å². The lowest BCUT2D eigenvalue weighted by molar-refractivity contribution is 0.0995. The highest BCUT2D eigenvalue weighted by molar-refractivity contribution is 6.09. The van der Waals surface area contributed by atoms with Crippen LogP contribution in [0.15, 0.2) is 59.7 Å². The van der Waals surface area contributed by atoms with Crippen molar-refractivity contribution in [1.29, 1.82) is 0 Å². The summed E-state index contributed by atoms with van der Waals surface area (Å²) in [6.07, 6.45) is 1.66. The fourth-order valence-corrected chi connectivity index (χ4v) is 3.47. The maximum absolute atomic E-state index is 12.7. The molecule has 9 nitrogen and oxygen atoms in total. The van der Waals surface area contributed by atoms with Gasteiger partial charge in [0.2, 0.25) is 5.95 Å². The number of fused-ring (bicyclic) bond motifs is 2. The Morgan fingerprint density at radius 2 is 1.94 bits per heavy atom. The molecule has 0 fully saturated rings. The van der Waals surface area contributed by atoms with Crippen molar-refractivity contribution < 1.29 is 9.59 Å². The number of nitrogens with zero attached hydrogens (tertiary/aromatic N) is 3. The number of anilines is 1. The van der Waals surface area contributed by atoms with Gasteiger partial charge < -0.3 is 15.6 Å². The molecule has 0 aliphatic carbocycles. The van der Waals surface area contributed by atoms with Crippen LogP contribution in [0.5, 0.6) is 0 Å². The first-order chi connectivity index (χ1) is 15.2. The molecule has 0 atom stereocenters. The molecule has 9 heteroatoms. The fraction of sp³-hybridized carbons (Fsp3) is 0.136. The summed E-state index contributed by atoms with van der Waals surface area (Å²) in [6.45, 7) is 1.56. The molecule has 1 amide bonds. The van der Waals surface area contributed by atoms with Crippen molar-refractivity contribution in [2.24, 2.45) is 4.99 Å². The van der Waals surface area contributed by atoms with Crippen molar-refractivity contribution in [3.05, 3.63) is 66.0 Å². The number of imidazole rings is 1. The Morgan fingerprint density at radius 1 is 1.06 bits per heavy atom. The van der Waals surface area contributed by atoms with E-state index in [1.165, 1.54) is 0 Å². The summed E-state index contributed by atoms with van der Waals surface area (Å²) >= 11 is 0. The van der Waals surface area contributed by atoms with Crippen LogP contribution in [-0.4, -0.2) is 52.2 Å². The minimum absolute atomic E-state index is 0.0977. The van der Waals surface area contributed by atoms with Crippen LogP contribution in [0.1, 0.15) is 20.8 Å². The molecular formula is C22H19N7O2. The summed E-state index contributed by atoms with van der Waals surface area (Å²) in [6, 6.07) is 14.7. The molecule has 5 rings (SSSR count). The van der Waals surface area contributed by atoms with Crippen LogP contribution in [0.3, 0.4) is 0 Å².